The van der Waals surface area contributed by atoms with Crippen LogP contribution in [0.4, 0.5) is 0 Å². The van der Waals surface area contributed by atoms with E-state index in [0.29, 0.717) is 28.8 Å². The molecule has 26 heavy (non-hydrogen) atoms. The number of carbonyl (C=O) groups excluding carboxylic acids is 1. The highest BCUT2D eigenvalue weighted by molar-refractivity contribution is 6.08. The number of fused-ring (bicyclic) bond motifs is 1. The first-order valence-electron chi connectivity index (χ1n) is 8.65. The van der Waals surface area contributed by atoms with Gasteiger partial charge in [0, 0.05) is 16.6 Å². The molecule has 0 radical (unpaired) electrons. The number of rotatable bonds is 6. The van der Waals surface area contributed by atoms with E-state index >= 15 is 0 Å². The average Bonchev–Trinajstić information content (AvgIpc) is 2.97. The minimum Gasteiger partial charge on any atom is -0.494 e. The lowest BCUT2D eigenvalue weighted by Crippen LogP contribution is -2.13. The third kappa shape index (κ3) is 3.33. The summed E-state index contributed by atoms with van der Waals surface area (Å²) in [6.07, 6.45) is 2.05. The second-order valence-electron chi connectivity index (χ2n) is 6.20. The summed E-state index contributed by atoms with van der Waals surface area (Å²) in [7, 11) is 0. The van der Waals surface area contributed by atoms with Gasteiger partial charge >= 0.3 is 5.97 Å². The van der Waals surface area contributed by atoms with Crippen LogP contribution >= 0.6 is 0 Å². The minimum atomic E-state index is -1.01. The molecule has 1 aromatic heterocycles. The van der Waals surface area contributed by atoms with E-state index in [1.165, 1.54) is 0 Å². The van der Waals surface area contributed by atoms with Crippen molar-refractivity contribution >= 4 is 22.8 Å². The normalized spacial score (nSPS) is 10.8. The summed E-state index contributed by atoms with van der Waals surface area (Å²) in [5.74, 6) is -0.467. The Morgan fingerprint density at radius 3 is 2.50 bits per heavy atom. The molecule has 0 bridgehead atoms. The number of nitrogens with zero attached hydrogens (tertiary/aromatic N) is 1. The molecule has 0 atom stereocenters. The van der Waals surface area contributed by atoms with Crippen LogP contribution < -0.4 is 4.74 Å². The van der Waals surface area contributed by atoms with Crippen molar-refractivity contribution in [1.29, 1.82) is 0 Å². The first kappa shape index (κ1) is 17.7. The van der Waals surface area contributed by atoms with Gasteiger partial charge in [-0.25, -0.2) is 4.79 Å². The second-order valence-corrected chi connectivity index (χ2v) is 6.20. The molecular formula is C21H21NO4. The number of carboxylic acids is 1. The highest BCUT2D eigenvalue weighted by Gasteiger charge is 2.18. The number of benzene rings is 2. The Morgan fingerprint density at radius 1 is 1.12 bits per heavy atom. The van der Waals surface area contributed by atoms with Crippen LogP contribution in [0.15, 0.2) is 48.5 Å². The lowest BCUT2D eigenvalue weighted by Gasteiger charge is -2.09. The van der Waals surface area contributed by atoms with Crippen LogP contribution in [0, 0.1) is 6.92 Å². The van der Waals surface area contributed by atoms with Gasteiger partial charge < -0.3 is 9.84 Å². The molecule has 0 saturated heterocycles. The zero-order valence-corrected chi connectivity index (χ0v) is 14.9. The molecule has 3 rings (SSSR count). The summed E-state index contributed by atoms with van der Waals surface area (Å²) >= 11 is 0. The fourth-order valence-corrected chi connectivity index (χ4v) is 2.98. The van der Waals surface area contributed by atoms with E-state index in [1.807, 2.05) is 0 Å². The fourth-order valence-electron chi connectivity index (χ4n) is 2.98. The number of hydrogen-bond donors (Lipinski definition) is 1. The summed E-state index contributed by atoms with van der Waals surface area (Å²) < 4.78 is 7.17. The van der Waals surface area contributed by atoms with E-state index in [9.17, 15) is 14.7 Å². The van der Waals surface area contributed by atoms with Crippen molar-refractivity contribution in [3.05, 3.63) is 65.4 Å². The van der Waals surface area contributed by atoms with Crippen molar-refractivity contribution < 1.29 is 19.4 Å². The van der Waals surface area contributed by atoms with Crippen molar-refractivity contribution in [2.24, 2.45) is 0 Å². The third-order valence-electron chi connectivity index (χ3n) is 4.33. The number of aromatic nitrogens is 1. The summed E-state index contributed by atoms with van der Waals surface area (Å²) in [6.45, 7) is 4.56. The minimum absolute atomic E-state index is 0.192. The van der Waals surface area contributed by atoms with Gasteiger partial charge in [0.25, 0.3) is 5.91 Å². The fraction of sp³-hybridized carbons (Fsp3) is 0.238. The molecule has 134 valence electrons. The van der Waals surface area contributed by atoms with Gasteiger partial charge in [0.2, 0.25) is 0 Å². The molecule has 0 amide bonds. The van der Waals surface area contributed by atoms with E-state index in [2.05, 4.69) is 6.92 Å². The summed E-state index contributed by atoms with van der Waals surface area (Å²) in [6, 6.07) is 13.7. The van der Waals surface area contributed by atoms with Gasteiger partial charge in [-0.3, -0.25) is 9.36 Å². The molecule has 5 nitrogen and oxygen atoms in total. The van der Waals surface area contributed by atoms with Crippen molar-refractivity contribution in [2.45, 2.75) is 26.7 Å². The number of ether oxygens (including phenoxy) is 1. The molecule has 5 heteroatoms. The van der Waals surface area contributed by atoms with E-state index < -0.39 is 5.97 Å². The number of carboxylic acid groups (broad SMARTS) is 1. The molecule has 0 spiro atoms. The highest BCUT2D eigenvalue weighted by Crippen LogP contribution is 2.25. The SMILES string of the molecule is CCCCOc1ccc(C(=O)n2c(C)cc3c(C(=O)O)cccc32)cc1. The average molecular weight is 351 g/mol. The van der Waals surface area contributed by atoms with Gasteiger partial charge in [0.15, 0.2) is 0 Å². The lowest BCUT2D eigenvalue weighted by atomic mass is 10.1. The highest BCUT2D eigenvalue weighted by atomic mass is 16.5. The van der Waals surface area contributed by atoms with Gasteiger partial charge in [-0.15, -0.1) is 0 Å². The van der Waals surface area contributed by atoms with E-state index in [-0.39, 0.29) is 11.5 Å². The Kier molecular flexibility index (Phi) is 5.07. The van der Waals surface area contributed by atoms with Gasteiger partial charge in [0.1, 0.15) is 5.75 Å². The van der Waals surface area contributed by atoms with Crippen LogP contribution in [0.5, 0.6) is 5.75 Å². The monoisotopic (exact) mass is 351 g/mol. The van der Waals surface area contributed by atoms with Crippen LogP contribution in [0.3, 0.4) is 0 Å². The topological polar surface area (TPSA) is 68.5 Å². The van der Waals surface area contributed by atoms with Crippen LogP contribution in [0.25, 0.3) is 10.9 Å². The Bertz CT molecular complexity index is 954. The molecule has 2 aromatic carbocycles. The van der Waals surface area contributed by atoms with Crippen molar-refractivity contribution in [3.63, 3.8) is 0 Å². The van der Waals surface area contributed by atoms with E-state index in [1.54, 1.807) is 60.0 Å². The van der Waals surface area contributed by atoms with Gasteiger partial charge in [-0.2, -0.15) is 0 Å². The molecule has 1 N–H and O–H groups in total. The van der Waals surface area contributed by atoms with Crippen molar-refractivity contribution in [3.8, 4) is 5.75 Å². The molecule has 0 aliphatic rings. The number of unbranched alkanes of at least 4 members (excludes halogenated alkanes) is 1. The Labute approximate surface area is 151 Å². The number of carbonyl (C=O) groups is 2. The quantitative estimate of drug-likeness (QED) is 0.663. The van der Waals surface area contributed by atoms with Crippen LogP contribution in [-0.4, -0.2) is 28.2 Å². The lowest BCUT2D eigenvalue weighted by molar-refractivity contribution is 0.0698. The van der Waals surface area contributed by atoms with Crippen LogP contribution in [-0.2, 0) is 0 Å². The smallest absolute Gasteiger partial charge is 0.336 e. The number of aromatic carboxylic acids is 1. The standard InChI is InChI=1S/C21H21NO4/c1-3-4-12-26-16-10-8-15(9-11-16)20(23)22-14(2)13-18-17(21(24)25)6-5-7-19(18)22/h5-11,13H,3-4,12H2,1-2H3,(H,24,25). The predicted molar refractivity (Wildman–Crippen MR) is 100 cm³/mol. The van der Waals surface area contributed by atoms with E-state index in [0.717, 1.165) is 18.6 Å². The molecular weight excluding hydrogens is 330 g/mol. The van der Waals surface area contributed by atoms with E-state index in [4.69, 9.17) is 4.74 Å². The second kappa shape index (κ2) is 7.44. The zero-order chi connectivity index (χ0) is 18.7. The molecule has 0 aliphatic heterocycles. The molecule has 0 unspecified atom stereocenters. The predicted octanol–water partition coefficient (Wildman–Crippen LogP) is 4.52. The first-order chi connectivity index (χ1) is 12.5. The molecule has 0 aliphatic carbocycles. The maximum Gasteiger partial charge on any atom is 0.336 e. The molecule has 0 saturated carbocycles. The zero-order valence-electron chi connectivity index (χ0n) is 14.9. The molecule has 1 heterocycles. The van der Waals surface area contributed by atoms with Crippen LogP contribution in [0.1, 0.15) is 46.2 Å². The maximum atomic E-state index is 13.0. The Morgan fingerprint density at radius 2 is 1.85 bits per heavy atom. The summed E-state index contributed by atoms with van der Waals surface area (Å²) in [5.41, 5.74) is 2.00. The summed E-state index contributed by atoms with van der Waals surface area (Å²) in [5, 5.41) is 9.91. The Hall–Kier alpha value is -3.08. The number of aryl methyl sites for hydroxylation is 1. The largest absolute Gasteiger partial charge is 0.494 e. The third-order valence-corrected chi connectivity index (χ3v) is 4.33. The number of hydrogen-bond acceptors (Lipinski definition) is 3. The van der Waals surface area contributed by atoms with Crippen molar-refractivity contribution in [1.82, 2.24) is 4.57 Å². The van der Waals surface area contributed by atoms with Gasteiger partial charge in [-0.1, -0.05) is 19.4 Å². The Balaban J connectivity index is 1.94. The van der Waals surface area contributed by atoms with Crippen LogP contribution in [0.2, 0.25) is 0 Å². The van der Waals surface area contributed by atoms with Crippen molar-refractivity contribution in [2.75, 3.05) is 6.61 Å². The maximum absolute atomic E-state index is 13.0. The first-order valence-corrected chi connectivity index (χ1v) is 8.65. The summed E-state index contributed by atoms with van der Waals surface area (Å²) in [4.78, 5) is 24.4. The van der Waals surface area contributed by atoms with Gasteiger partial charge in [0.05, 0.1) is 17.7 Å². The molecule has 0 fully saturated rings. The molecule has 3 aromatic rings. The van der Waals surface area contributed by atoms with Gasteiger partial charge in [-0.05, 0) is 55.8 Å².